The minimum atomic E-state index is -0.966. The van der Waals surface area contributed by atoms with Crippen LogP contribution in [-0.2, 0) is 9.31 Å². The van der Waals surface area contributed by atoms with Gasteiger partial charge < -0.3 is 24.5 Å². The zero-order valence-corrected chi connectivity index (χ0v) is 12.8. The monoisotopic (exact) mass is 294 g/mol. The minimum Gasteiger partial charge on any atom is -0.492 e. The third-order valence-corrected chi connectivity index (χ3v) is 3.81. The van der Waals surface area contributed by atoms with Crippen molar-refractivity contribution in [1.29, 1.82) is 0 Å². The number of amides is 1. The molecule has 0 unspecified atom stereocenters. The van der Waals surface area contributed by atoms with Gasteiger partial charge in [0.05, 0.1) is 18.3 Å². The molecule has 1 fully saturated rings. The van der Waals surface area contributed by atoms with E-state index in [1.807, 2.05) is 27.7 Å². The van der Waals surface area contributed by atoms with Crippen LogP contribution >= 0.6 is 0 Å². The number of ether oxygens (including phenoxy) is 2. The molecule has 1 aliphatic heterocycles. The van der Waals surface area contributed by atoms with Gasteiger partial charge in [-0.05, 0) is 33.8 Å². The first-order valence-corrected chi connectivity index (χ1v) is 6.54. The van der Waals surface area contributed by atoms with Crippen molar-refractivity contribution in [2.45, 2.75) is 38.9 Å². The zero-order valence-electron chi connectivity index (χ0n) is 12.8. The lowest BCUT2D eigenvalue weighted by Gasteiger charge is -2.32. The molecule has 0 atom stereocenters. The molecule has 1 saturated heterocycles. The third-order valence-electron chi connectivity index (χ3n) is 3.81. The second kappa shape index (κ2) is 5.20. The summed E-state index contributed by atoms with van der Waals surface area (Å²) < 4.78 is 22.0. The molecule has 8 heteroatoms. The van der Waals surface area contributed by atoms with Gasteiger partial charge in [-0.3, -0.25) is 0 Å². The number of pyridine rings is 1. The van der Waals surface area contributed by atoms with E-state index in [2.05, 4.69) is 4.98 Å². The van der Waals surface area contributed by atoms with Gasteiger partial charge in [0, 0.05) is 11.7 Å². The zero-order chi connectivity index (χ0) is 15.8. The van der Waals surface area contributed by atoms with Gasteiger partial charge in [-0.25, -0.2) is 9.78 Å². The molecule has 7 nitrogen and oxygen atoms in total. The van der Waals surface area contributed by atoms with E-state index in [1.54, 1.807) is 6.07 Å². The van der Waals surface area contributed by atoms with E-state index in [9.17, 15) is 4.79 Å². The maximum atomic E-state index is 10.9. The van der Waals surface area contributed by atoms with Crippen molar-refractivity contribution in [3.05, 3.63) is 12.3 Å². The van der Waals surface area contributed by atoms with Crippen LogP contribution in [-0.4, -0.2) is 36.5 Å². The van der Waals surface area contributed by atoms with Crippen molar-refractivity contribution in [3.8, 4) is 11.6 Å². The van der Waals surface area contributed by atoms with Crippen molar-refractivity contribution >= 4 is 18.7 Å². The Morgan fingerprint density at radius 2 is 1.86 bits per heavy atom. The Hall–Kier alpha value is -1.80. The van der Waals surface area contributed by atoms with Gasteiger partial charge in [0.15, 0.2) is 5.75 Å². The minimum absolute atomic E-state index is 0.0165. The average molecular weight is 294 g/mol. The van der Waals surface area contributed by atoms with E-state index in [4.69, 9.17) is 24.5 Å². The van der Waals surface area contributed by atoms with Crippen molar-refractivity contribution < 1.29 is 23.6 Å². The molecule has 1 aromatic heterocycles. The Kier molecular flexibility index (Phi) is 3.86. The predicted octanol–water partition coefficient (Wildman–Crippen LogP) is 0.847. The van der Waals surface area contributed by atoms with Crippen LogP contribution in [0.3, 0.4) is 0 Å². The lowest BCUT2D eigenvalue weighted by atomic mass is 9.79. The van der Waals surface area contributed by atoms with Crippen molar-refractivity contribution in [3.63, 3.8) is 0 Å². The fraction of sp³-hybridized carbons (Fsp3) is 0.538. The van der Waals surface area contributed by atoms with Crippen molar-refractivity contribution in [2.24, 2.45) is 5.73 Å². The van der Waals surface area contributed by atoms with Gasteiger partial charge in [0.2, 0.25) is 0 Å². The van der Waals surface area contributed by atoms with Gasteiger partial charge in [-0.2, -0.15) is 0 Å². The number of hydrogen-bond donors (Lipinski definition) is 1. The van der Waals surface area contributed by atoms with Gasteiger partial charge in [0.1, 0.15) is 0 Å². The number of carbonyl (C=O) groups excluding carboxylic acids is 1. The Morgan fingerprint density at radius 1 is 1.29 bits per heavy atom. The molecule has 0 bridgehead atoms. The lowest BCUT2D eigenvalue weighted by Crippen LogP contribution is -2.41. The van der Waals surface area contributed by atoms with Crippen LogP contribution < -0.4 is 20.7 Å². The summed E-state index contributed by atoms with van der Waals surface area (Å²) in [4.78, 5) is 14.9. The highest BCUT2D eigenvalue weighted by molar-refractivity contribution is 6.63. The quantitative estimate of drug-likeness (QED) is 0.831. The Labute approximate surface area is 123 Å². The van der Waals surface area contributed by atoms with Crippen LogP contribution in [0.15, 0.2) is 12.3 Å². The first-order valence-electron chi connectivity index (χ1n) is 6.54. The van der Waals surface area contributed by atoms with E-state index in [-0.39, 0.29) is 11.6 Å². The normalized spacial score (nSPS) is 19.4. The topological polar surface area (TPSA) is 92.9 Å². The summed E-state index contributed by atoms with van der Waals surface area (Å²) in [6, 6.07) is 1.69. The second-order valence-electron chi connectivity index (χ2n) is 5.75. The van der Waals surface area contributed by atoms with Crippen LogP contribution in [0.4, 0.5) is 4.79 Å². The number of rotatable bonds is 3. The van der Waals surface area contributed by atoms with Crippen LogP contribution in [0, 0.1) is 0 Å². The highest BCUT2D eigenvalue weighted by atomic mass is 16.7. The molecule has 1 amide bonds. The summed E-state index contributed by atoms with van der Waals surface area (Å²) in [6.07, 6.45) is 0.508. The largest absolute Gasteiger partial charge is 0.498 e. The number of carbonyl (C=O) groups is 1. The molecule has 0 aromatic carbocycles. The van der Waals surface area contributed by atoms with Gasteiger partial charge in [0.25, 0.3) is 5.88 Å². The summed E-state index contributed by atoms with van der Waals surface area (Å²) in [7, 11) is 0.794. The fourth-order valence-corrected chi connectivity index (χ4v) is 1.97. The molecule has 21 heavy (non-hydrogen) atoms. The summed E-state index contributed by atoms with van der Waals surface area (Å²) in [6.45, 7) is 7.78. The standard InChI is InChI=1S/C13H19BN2O5/c1-12(2)13(3,4)21-14(20-12)8-6-7-16-10(9(8)18-5)19-11(15)17/h6-7H,1-5H3,(H2,15,17). The lowest BCUT2D eigenvalue weighted by molar-refractivity contribution is 0.00578. The van der Waals surface area contributed by atoms with Gasteiger partial charge >= 0.3 is 13.2 Å². The highest BCUT2D eigenvalue weighted by Crippen LogP contribution is 2.37. The SMILES string of the molecule is COc1c(B2OC(C)(C)C(C)(C)O2)ccnc1OC(N)=O. The summed E-state index contributed by atoms with van der Waals surface area (Å²) in [5.74, 6) is 0.243. The van der Waals surface area contributed by atoms with Gasteiger partial charge in [-0.1, -0.05) is 0 Å². The van der Waals surface area contributed by atoms with E-state index >= 15 is 0 Å². The molecular weight excluding hydrogens is 275 g/mol. The average Bonchev–Trinajstić information content (AvgIpc) is 2.57. The Bertz CT molecular complexity index is 545. The molecule has 114 valence electrons. The molecule has 0 spiro atoms. The number of aromatic nitrogens is 1. The number of primary amides is 1. The molecule has 0 radical (unpaired) electrons. The first kappa shape index (κ1) is 15.6. The van der Waals surface area contributed by atoms with E-state index < -0.39 is 24.4 Å². The molecule has 1 aromatic rings. The summed E-state index contributed by atoms with van der Waals surface area (Å²) in [5, 5.41) is 0. The molecule has 0 saturated carbocycles. The van der Waals surface area contributed by atoms with E-state index in [0.29, 0.717) is 5.46 Å². The number of methoxy groups -OCH3 is 1. The first-order chi connectivity index (χ1) is 9.68. The highest BCUT2D eigenvalue weighted by Gasteiger charge is 2.52. The number of nitrogens with two attached hydrogens (primary N) is 1. The maximum absolute atomic E-state index is 10.9. The molecule has 0 aliphatic carbocycles. The summed E-state index contributed by atoms with van der Waals surface area (Å²) in [5.41, 5.74) is 4.63. The smallest absolute Gasteiger partial charge is 0.492 e. The molecule has 2 heterocycles. The van der Waals surface area contributed by atoms with Crippen LogP contribution in [0.1, 0.15) is 27.7 Å². The van der Waals surface area contributed by atoms with Crippen LogP contribution in [0.2, 0.25) is 0 Å². The van der Waals surface area contributed by atoms with Gasteiger partial charge in [-0.15, -0.1) is 0 Å². The predicted molar refractivity (Wildman–Crippen MR) is 76.7 cm³/mol. The summed E-state index contributed by atoms with van der Waals surface area (Å²) >= 11 is 0. The maximum Gasteiger partial charge on any atom is 0.498 e. The molecule has 2 rings (SSSR count). The van der Waals surface area contributed by atoms with Crippen molar-refractivity contribution in [1.82, 2.24) is 4.98 Å². The third kappa shape index (κ3) is 2.82. The Morgan fingerprint density at radius 3 is 2.33 bits per heavy atom. The van der Waals surface area contributed by atoms with E-state index in [1.165, 1.54) is 13.3 Å². The molecule has 1 aliphatic rings. The van der Waals surface area contributed by atoms with Crippen molar-refractivity contribution in [2.75, 3.05) is 7.11 Å². The van der Waals surface area contributed by atoms with E-state index in [0.717, 1.165) is 0 Å². The van der Waals surface area contributed by atoms with Crippen LogP contribution in [0.25, 0.3) is 0 Å². The number of hydrogen-bond acceptors (Lipinski definition) is 6. The molecular formula is C13H19BN2O5. The number of nitrogens with zero attached hydrogens (tertiary/aromatic N) is 1. The van der Waals surface area contributed by atoms with Crippen LogP contribution in [0.5, 0.6) is 11.6 Å². The Balaban J connectivity index is 2.39. The fourth-order valence-electron chi connectivity index (χ4n) is 1.97. The second-order valence-corrected chi connectivity index (χ2v) is 5.75. The molecule has 2 N–H and O–H groups in total.